The average Bonchev–Trinajstić information content (AvgIpc) is 3.79. The molecule has 14 aromatic carbocycles. The summed E-state index contributed by atoms with van der Waals surface area (Å²) in [5.74, 6) is 0. The fourth-order valence-electron chi connectivity index (χ4n) is 11.9. The summed E-state index contributed by atoms with van der Waals surface area (Å²) in [7, 11) is 0. The zero-order valence-corrected chi connectivity index (χ0v) is 38.3. The van der Waals surface area contributed by atoms with Crippen molar-refractivity contribution in [2.24, 2.45) is 0 Å². The predicted molar refractivity (Wildman–Crippen MR) is 299 cm³/mol. The third-order valence-electron chi connectivity index (χ3n) is 15.0. The van der Waals surface area contributed by atoms with Crippen LogP contribution in [0.3, 0.4) is 0 Å². The molecule has 0 N–H and O–H groups in total. The van der Waals surface area contributed by atoms with Gasteiger partial charge in [-0.3, -0.25) is 0 Å². The zero-order valence-electron chi connectivity index (χ0n) is 37.5. The van der Waals surface area contributed by atoms with Gasteiger partial charge in [0.2, 0.25) is 0 Å². The van der Waals surface area contributed by atoms with Gasteiger partial charge in [0.1, 0.15) is 0 Å². The first-order valence-corrected chi connectivity index (χ1v) is 24.7. The molecular weight excluding hydrogens is 849 g/mol. The number of fused-ring (bicyclic) bond motifs is 3. The van der Waals surface area contributed by atoms with Crippen LogP contribution in [-0.4, -0.2) is 0 Å². The van der Waals surface area contributed by atoms with E-state index in [1.165, 1.54) is 152 Å². The summed E-state index contributed by atoms with van der Waals surface area (Å²) in [6.45, 7) is 0. The highest BCUT2D eigenvalue weighted by Gasteiger charge is 2.20. The van der Waals surface area contributed by atoms with Gasteiger partial charge in [-0.05, 0) is 156 Å². The van der Waals surface area contributed by atoms with Gasteiger partial charge in [-0.25, -0.2) is 0 Å². The maximum atomic E-state index is 2.45. The van der Waals surface area contributed by atoms with Gasteiger partial charge in [-0.2, -0.15) is 0 Å². The van der Waals surface area contributed by atoms with Gasteiger partial charge in [-0.15, -0.1) is 11.3 Å². The second-order valence-corrected chi connectivity index (χ2v) is 19.7. The lowest BCUT2D eigenvalue weighted by Gasteiger charge is -2.18. The maximum Gasteiger partial charge on any atom is 0.0355 e. The molecule has 1 heterocycles. The standard InChI is InChI=1S/C68H40S/c1-3-11-41(12-4-1)49-15-7-9-17-53(49)55-31-21-45-23-33-57-51(29-19-43-25-35-59(55)67(45)65(43)57)47-27-37-63-61(39-47)62-40-48(28-38-64(62)69-63)52-30-20-44-26-36-60-56(32-22-46-24-34-58(52)66(44)68(46)60)54-18-10-8-16-50(54)42-13-5-2-6-14-42/h1-40H. The van der Waals surface area contributed by atoms with E-state index in [0.29, 0.717) is 0 Å². The highest BCUT2D eigenvalue weighted by Crippen LogP contribution is 2.48. The lowest BCUT2D eigenvalue weighted by atomic mass is 9.85. The highest BCUT2D eigenvalue weighted by molar-refractivity contribution is 7.25. The van der Waals surface area contributed by atoms with Crippen molar-refractivity contribution >= 4 is 96.1 Å². The summed E-state index contributed by atoms with van der Waals surface area (Å²) < 4.78 is 2.62. The minimum absolute atomic E-state index is 1.23. The van der Waals surface area contributed by atoms with Crippen molar-refractivity contribution in [2.75, 3.05) is 0 Å². The molecule has 0 unspecified atom stereocenters. The van der Waals surface area contributed by atoms with Gasteiger partial charge in [0.15, 0.2) is 0 Å². The molecule has 1 heteroatoms. The van der Waals surface area contributed by atoms with Gasteiger partial charge < -0.3 is 0 Å². The van der Waals surface area contributed by atoms with E-state index in [9.17, 15) is 0 Å². The fraction of sp³-hybridized carbons (Fsp3) is 0. The van der Waals surface area contributed by atoms with Gasteiger partial charge in [0, 0.05) is 20.2 Å². The fourth-order valence-corrected chi connectivity index (χ4v) is 12.9. The molecular formula is C68H40S. The molecule has 69 heavy (non-hydrogen) atoms. The van der Waals surface area contributed by atoms with Crippen LogP contribution in [0.2, 0.25) is 0 Å². The van der Waals surface area contributed by atoms with Crippen LogP contribution in [0.15, 0.2) is 243 Å². The molecule has 1 aromatic heterocycles. The summed E-state index contributed by atoms with van der Waals surface area (Å²) in [6, 6.07) is 90.8. The molecule has 15 rings (SSSR count). The monoisotopic (exact) mass is 888 g/mol. The second kappa shape index (κ2) is 14.9. The van der Waals surface area contributed by atoms with Crippen LogP contribution in [-0.2, 0) is 0 Å². The highest BCUT2D eigenvalue weighted by atomic mass is 32.1. The normalized spacial score (nSPS) is 12.1. The molecule has 0 saturated carbocycles. The largest absolute Gasteiger partial charge is 0.135 e. The van der Waals surface area contributed by atoms with Crippen LogP contribution in [0.25, 0.3) is 152 Å². The Balaban J connectivity index is 0.870. The predicted octanol–water partition coefficient (Wildman–Crippen LogP) is 19.9. The second-order valence-electron chi connectivity index (χ2n) is 18.6. The molecule has 0 aliphatic rings. The van der Waals surface area contributed by atoms with Crippen molar-refractivity contribution in [3.63, 3.8) is 0 Å². The van der Waals surface area contributed by atoms with Crippen molar-refractivity contribution < 1.29 is 0 Å². The van der Waals surface area contributed by atoms with E-state index in [2.05, 4.69) is 243 Å². The minimum atomic E-state index is 1.23. The van der Waals surface area contributed by atoms with Crippen molar-refractivity contribution in [1.29, 1.82) is 0 Å². The van der Waals surface area contributed by atoms with E-state index in [1.807, 2.05) is 11.3 Å². The third-order valence-corrected chi connectivity index (χ3v) is 16.2. The molecule has 318 valence electrons. The van der Waals surface area contributed by atoms with Crippen LogP contribution in [0.1, 0.15) is 0 Å². The quantitative estimate of drug-likeness (QED) is 0.146. The van der Waals surface area contributed by atoms with Crippen LogP contribution in [0.5, 0.6) is 0 Å². The first-order valence-electron chi connectivity index (χ1n) is 23.9. The van der Waals surface area contributed by atoms with Gasteiger partial charge in [-0.1, -0.05) is 218 Å². The topological polar surface area (TPSA) is 0 Å². The van der Waals surface area contributed by atoms with E-state index in [0.717, 1.165) is 0 Å². The number of thiophene rings is 1. The maximum absolute atomic E-state index is 2.45. The smallest absolute Gasteiger partial charge is 0.0355 e. The van der Waals surface area contributed by atoms with Gasteiger partial charge >= 0.3 is 0 Å². The Morgan fingerprint density at radius 2 is 0.507 bits per heavy atom. The first-order chi connectivity index (χ1) is 34.2. The van der Waals surface area contributed by atoms with Crippen molar-refractivity contribution in [3.8, 4) is 66.8 Å². The van der Waals surface area contributed by atoms with Gasteiger partial charge in [0.25, 0.3) is 0 Å². The molecule has 0 saturated heterocycles. The van der Waals surface area contributed by atoms with E-state index in [1.54, 1.807) is 0 Å². The molecule has 0 radical (unpaired) electrons. The Morgan fingerprint density at radius 3 is 0.899 bits per heavy atom. The third kappa shape index (κ3) is 5.81. The molecule has 0 aliphatic heterocycles. The van der Waals surface area contributed by atoms with Crippen LogP contribution >= 0.6 is 11.3 Å². The lowest BCUT2D eigenvalue weighted by Crippen LogP contribution is -1.91. The average molecular weight is 889 g/mol. The lowest BCUT2D eigenvalue weighted by molar-refractivity contribution is 1.60. The summed E-state index contributed by atoms with van der Waals surface area (Å²) in [5, 5.41) is 18.2. The first kappa shape index (κ1) is 38.5. The van der Waals surface area contributed by atoms with E-state index >= 15 is 0 Å². The number of rotatable bonds is 6. The summed E-state index contributed by atoms with van der Waals surface area (Å²) in [4.78, 5) is 0. The van der Waals surface area contributed by atoms with Crippen LogP contribution in [0.4, 0.5) is 0 Å². The Bertz CT molecular complexity index is 4230. The molecule has 0 amide bonds. The Morgan fingerprint density at radius 1 is 0.188 bits per heavy atom. The molecule has 0 aliphatic carbocycles. The van der Waals surface area contributed by atoms with E-state index in [-0.39, 0.29) is 0 Å². The van der Waals surface area contributed by atoms with Crippen molar-refractivity contribution in [2.45, 2.75) is 0 Å². The minimum Gasteiger partial charge on any atom is -0.135 e. The van der Waals surface area contributed by atoms with E-state index < -0.39 is 0 Å². The van der Waals surface area contributed by atoms with Crippen LogP contribution < -0.4 is 0 Å². The summed E-state index contributed by atoms with van der Waals surface area (Å²) in [6.07, 6.45) is 0. The van der Waals surface area contributed by atoms with Crippen molar-refractivity contribution in [1.82, 2.24) is 0 Å². The summed E-state index contributed by atoms with van der Waals surface area (Å²) in [5.41, 5.74) is 15.0. The summed E-state index contributed by atoms with van der Waals surface area (Å²) >= 11 is 1.89. The van der Waals surface area contributed by atoms with Gasteiger partial charge in [0.05, 0.1) is 0 Å². The number of benzene rings is 14. The van der Waals surface area contributed by atoms with Crippen molar-refractivity contribution in [3.05, 3.63) is 243 Å². The molecule has 0 nitrogen and oxygen atoms in total. The Kier molecular flexibility index (Phi) is 8.33. The molecule has 15 aromatic rings. The molecule has 0 fully saturated rings. The molecule has 0 bridgehead atoms. The van der Waals surface area contributed by atoms with Crippen LogP contribution in [0, 0.1) is 0 Å². The molecule has 0 spiro atoms. The Hall–Kier alpha value is -8.62. The molecule has 0 atom stereocenters. The Labute approximate surface area is 403 Å². The SMILES string of the molecule is c1ccc(-c2ccccc2-c2ccc3ccc4c(-c5ccc6sc7ccc(-c8ccc9ccc%10c(-c%11ccccc%11-c%11ccccc%11)ccc%11ccc8c9c%11%10)cc7c6c5)ccc5ccc2c3c54)cc1. The number of hydrogen-bond donors (Lipinski definition) is 0. The zero-order chi connectivity index (χ0) is 45.2. The number of hydrogen-bond acceptors (Lipinski definition) is 1. The van der Waals surface area contributed by atoms with E-state index in [4.69, 9.17) is 0 Å².